The van der Waals surface area contributed by atoms with Crippen LogP contribution in [0, 0.1) is 28.1 Å². The van der Waals surface area contributed by atoms with Crippen LogP contribution in [0.2, 0.25) is 0 Å². The fraction of sp³-hybridized carbons (Fsp3) is 0.690. The minimum Gasteiger partial charge on any atom is -0.512 e. The molecule has 1 aromatic rings. The van der Waals surface area contributed by atoms with Gasteiger partial charge >= 0.3 is 41.8 Å². The third-order valence-electron chi connectivity index (χ3n) is 14.9. The Kier molecular flexibility index (Phi) is 9.48. The Morgan fingerprint density at radius 1 is 0.887 bits per heavy atom. The third kappa shape index (κ3) is 4.83. The number of carbonyl (C=O) groups excluding carboxylic acids is 7. The minimum absolute atomic E-state index is 0.126. The Balaban J connectivity index is 1.64. The molecule has 62 heavy (non-hydrogen) atoms. The zero-order valence-electron chi connectivity index (χ0n) is 35.8. The fourth-order valence-corrected chi connectivity index (χ4v) is 13.7. The molecule has 3 saturated heterocycles. The summed E-state index contributed by atoms with van der Waals surface area (Å²) in [7, 11) is 1.13. The monoisotopic (exact) mass is 874 g/mol. The van der Waals surface area contributed by atoms with E-state index in [4.69, 9.17) is 51.8 Å². The summed E-state index contributed by atoms with van der Waals surface area (Å²) in [6.45, 7) is 10.5. The molecule has 4 heterocycles. The molecule has 0 amide bonds. The van der Waals surface area contributed by atoms with E-state index in [0.29, 0.717) is 0 Å². The second-order valence-electron chi connectivity index (χ2n) is 18.0. The molecule has 15 atom stereocenters. The van der Waals surface area contributed by atoms with Crippen LogP contribution in [-0.2, 0) is 80.9 Å². The zero-order chi connectivity index (χ0) is 45.5. The van der Waals surface area contributed by atoms with Crippen molar-refractivity contribution in [3.05, 3.63) is 35.5 Å². The number of methoxy groups -OCH3 is 1. The van der Waals surface area contributed by atoms with Crippen LogP contribution in [0.1, 0.15) is 93.2 Å². The van der Waals surface area contributed by atoms with Crippen molar-refractivity contribution in [2.45, 2.75) is 140 Å². The van der Waals surface area contributed by atoms with E-state index in [1.54, 1.807) is 6.92 Å². The van der Waals surface area contributed by atoms with Crippen LogP contribution in [0.25, 0.3) is 0 Å². The molecule has 7 fully saturated rings. The number of ether oxygens (including phenoxy) is 10. The van der Waals surface area contributed by atoms with Gasteiger partial charge in [0.25, 0.3) is 5.97 Å². The molecule has 3 aliphatic heterocycles. The predicted molar refractivity (Wildman–Crippen MR) is 198 cm³/mol. The van der Waals surface area contributed by atoms with E-state index in [0.717, 1.165) is 41.7 Å². The van der Waals surface area contributed by atoms with Crippen LogP contribution in [-0.4, -0.2) is 119 Å². The van der Waals surface area contributed by atoms with Crippen molar-refractivity contribution < 1.29 is 95.6 Å². The molecule has 20 nitrogen and oxygen atoms in total. The third-order valence-corrected chi connectivity index (χ3v) is 14.9. The molecule has 0 aromatic carbocycles. The van der Waals surface area contributed by atoms with Crippen molar-refractivity contribution in [2.24, 2.45) is 28.1 Å². The maximum absolute atomic E-state index is 15.1. The van der Waals surface area contributed by atoms with Crippen LogP contribution >= 0.6 is 0 Å². The largest absolute Gasteiger partial charge is 0.512 e. The first kappa shape index (κ1) is 43.6. The summed E-state index contributed by atoms with van der Waals surface area (Å²) in [5.74, 6) is -12.8. The SMILES string of the molecule is CC/C(O)=C1\C(=O)O[C@@H]2[C@@]3(O)[C@@H](OC(C)=O)[C@]4(C)C[C@]35OC3(C)O[C@]26[C@H]1[C@](C)([C@H](OC(C)=O)c1ccoc1)[C@@H](OC(C)=O)[C@@H](OC(C)=O)[C@]6(O3)[C@]5(COC(C)=O)[C@H]4CC(=O)OC. The van der Waals surface area contributed by atoms with Gasteiger partial charge in [-0.1, -0.05) is 20.8 Å². The van der Waals surface area contributed by atoms with E-state index in [1.165, 1.54) is 39.4 Å². The molecule has 20 heteroatoms. The van der Waals surface area contributed by atoms with E-state index in [9.17, 15) is 39.0 Å². The molecule has 7 aliphatic rings. The number of allylic oxidation sites excluding steroid dienone is 1. The van der Waals surface area contributed by atoms with Crippen molar-refractivity contribution in [1.29, 1.82) is 0 Å². The van der Waals surface area contributed by atoms with Crippen LogP contribution in [0.5, 0.6) is 0 Å². The van der Waals surface area contributed by atoms with Gasteiger partial charge in [-0.3, -0.25) is 28.8 Å². The van der Waals surface area contributed by atoms with Gasteiger partial charge in [0.15, 0.2) is 35.1 Å². The van der Waals surface area contributed by atoms with Gasteiger partial charge in [0, 0.05) is 71.3 Å². The number of furan rings is 1. The molecule has 8 rings (SSSR count). The minimum atomic E-state index is -2.74. The molecule has 2 N–H and O–H groups in total. The first-order chi connectivity index (χ1) is 28.9. The van der Waals surface area contributed by atoms with E-state index in [-0.39, 0.29) is 18.4 Å². The molecule has 338 valence electrons. The average molecular weight is 875 g/mol. The quantitative estimate of drug-likeness (QED) is 0.140. The smallest absolute Gasteiger partial charge is 0.338 e. The molecule has 4 saturated carbocycles. The lowest BCUT2D eigenvalue weighted by Gasteiger charge is -2.78. The van der Waals surface area contributed by atoms with Crippen LogP contribution < -0.4 is 0 Å². The van der Waals surface area contributed by atoms with Gasteiger partial charge in [-0.2, -0.15) is 0 Å². The summed E-state index contributed by atoms with van der Waals surface area (Å²) in [6.07, 6.45) is -8.01. The number of esters is 7. The lowest BCUT2D eigenvalue weighted by Crippen LogP contribution is -2.99. The van der Waals surface area contributed by atoms with Gasteiger partial charge in [0.2, 0.25) is 0 Å². The maximum Gasteiger partial charge on any atom is 0.338 e. The van der Waals surface area contributed by atoms with Gasteiger partial charge in [-0.15, -0.1) is 0 Å². The number of hydrogen-bond acceptors (Lipinski definition) is 20. The Hall–Kier alpha value is -5.05. The van der Waals surface area contributed by atoms with Crippen molar-refractivity contribution in [2.75, 3.05) is 13.7 Å². The number of fused-ring (bicyclic) bond motifs is 3. The second-order valence-corrected chi connectivity index (χ2v) is 18.0. The summed E-state index contributed by atoms with van der Waals surface area (Å²) in [5, 5.41) is 26.2. The standard InChI is InChI=1S/C42H50O20/c1-11-24(48)27-28-36(8,29(55-19(3)44)23-12-13-53-15-23)30(56-20(4)45)31(57-21(5)46)42-38(17-54-18(2)43)25(14-26(49)52-10)35(7)16-39(38)40(51,33(35)58-22(6)47)34(59-32(27)50)41(28,42)61-37(9,60-39)62-42/h12-13,15,25,28-31,33-34,48,51H,11,14,16-17H2,1-10H3/b27-24+/t25-,28+,29+,30-,31+,33-,34+,35+,36+,37?,38+,39+,40-,41+,42-/m0/s1. The van der Waals surface area contributed by atoms with Crippen LogP contribution in [0.3, 0.4) is 0 Å². The van der Waals surface area contributed by atoms with Crippen LogP contribution in [0.15, 0.2) is 34.3 Å². The van der Waals surface area contributed by atoms with E-state index in [1.807, 2.05) is 0 Å². The molecule has 4 bridgehead atoms. The molecular formula is C42H50O20. The Morgan fingerprint density at radius 3 is 2.08 bits per heavy atom. The lowest BCUT2D eigenvalue weighted by atomic mass is 9.31. The number of aliphatic hydroxyl groups excluding tert-OH is 1. The highest BCUT2D eigenvalue weighted by atomic mass is 16.9. The molecular weight excluding hydrogens is 824 g/mol. The topological polar surface area (TPSA) is 265 Å². The van der Waals surface area contributed by atoms with E-state index >= 15 is 4.79 Å². The first-order valence-corrected chi connectivity index (χ1v) is 20.3. The second kappa shape index (κ2) is 13.5. The Bertz CT molecular complexity index is 2200. The zero-order valence-corrected chi connectivity index (χ0v) is 35.8. The normalized spacial score (nSPS) is 44.9. The van der Waals surface area contributed by atoms with Gasteiger partial charge in [0.05, 0.1) is 36.0 Å². The number of aliphatic hydroxyl groups is 2. The highest BCUT2D eigenvalue weighted by molar-refractivity contribution is 5.92. The molecule has 1 aromatic heterocycles. The number of hydrogen-bond donors (Lipinski definition) is 2. The molecule has 1 unspecified atom stereocenters. The maximum atomic E-state index is 15.1. The van der Waals surface area contributed by atoms with Gasteiger partial charge in [0.1, 0.15) is 30.2 Å². The van der Waals surface area contributed by atoms with Crippen molar-refractivity contribution in [3.8, 4) is 0 Å². The van der Waals surface area contributed by atoms with Gasteiger partial charge in [-0.05, 0) is 18.4 Å². The lowest BCUT2D eigenvalue weighted by molar-refractivity contribution is -0.497. The Morgan fingerprint density at radius 2 is 1.53 bits per heavy atom. The van der Waals surface area contributed by atoms with Crippen LogP contribution in [0.4, 0.5) is 0 Å². The van der Waals surface area contributed by atoms with E-state index in [2.05, 4.69) is 0 Å². The number of carbonyl (C=O) groups is 7. The summed E-state index contributed by atoms with van der Waals surface area (Å²) in [6, 6.07) is 1.43. The van der Waals surface area contributed by atoms with Crippen molar-refractivity contribution in [3.63, 3.8) is 0 Å². The average Bonchev–Trinajstić information content (AvgIpc) is 3.87. The van der Waals surface area contributed by atoms with Gasteiger partial charge in [-0.25, -0.2) is 4.79 Å². The summed E-state index contributed by atoms with van der Waals surface area (Å²) >= 11 is 0. The van der Waals surface area contributed by atoms with Crippen molar-refractivity contribution in [1.82, 2.24) is 0 Å². The highest BCUT2D eigenvalue weighted by Crippen LogP contribution is 2.90. The Labute approximate surface area is 354 Å². The molecule has 4 aliphatic carbocycles. The summed E-state index contributed by atoms with van der Waals surface area (Å²) in [5.41, 5.74) is -16.6. The predicted octanol–water partition coefficient (Wildman–Crippen LogP) is 2.33. The fourth-order valence-electron chi connectivity index (χ4n) is 13.7. The van der Waals surface area contributed by atoms with E-state index < -0.39 is 153 Å². The van der Waals surface area contributed by atoms with Gasteiger partial charge < -0.3 is 62.0 Å². The molecule has 0 radical (unpaired) electrons. The van der Waals surface area contributed by atoms with Crippen molar-refractivity contribution >= 4 is 41.8 Å². The number of rotatable bonds is 11. The molecule has 3 spiro atoms. The highest BCUT2D eigenvalue weighted by Gasteiger charge is 3.08. The summed E-state index contributed by atoms with van der Waals surface area (Å²) < 4.78 is 69.4. The first-order valence-electron chi connectivity index (χ1n) is 20.3. The summed E-state index contributed by atoms with van der Waals surface area (Å²) in [4.78, 5) is 96.2.